The smallest absolute Gasteiger partial charge is 0.309 e. The van der Waals surface area contributed by atoms with E-state index in [4.69, 9.17) is 11.0 Å². The molecule has 0 radical (unpaired) electrons. The van der Waals surface area contributed by atoms with Crippen molar-refractivity contribution in [2.75, 3.05) is 7.11 Å². The number of carbonyl (C=O) groups excluding carboxylic acids is 1. The van der Waals surface area contributed by atoms with Gasteiger partial charge >= 0.3 is 5.97 Å². The van der Waals surface area contributed by atoms with Crippen LogP contribution in [0.4, 0.5) is 4.39 Å². The number of halogens is 1. The van der Waals surface area contributed by atoms with Gasteiger partial charge in [-0.3, -0.25) is 4.79 Å². The van der Waals surface area contributed by atoms with Crippen LogP contribution in [0.2, 0.25) is 0 Å². The Morgan fingerprint density at radius 1 is 1.62 bits per heavy atom. The predicted molar refractivity (Wildman–Crippen MR) is 54.7 cm³/mol. The summed E-state index contributed by atoms with van der Waals surface area (Å²) in [6.45, 7) is 0.00693. The van der Waals surface area contributed by atoms with Crippen molar-refractivity contribution in [3.63, 3.8) is 0 Å². The van der Waals surface area contributed by atoms with Crippen LogP contribution < -0.4 is 5.73 Å². The predicted octanol–water partition coefficient (Wildman–Crippen LogP) is 0.872. The molecule has 0 bridgehead atoms. The Labute approximate surface area is 92.4 Å². The van der Waals surface area contributed by atoms with E-state index in [-0.39, 0.29) is 18.5 Å². The van der Waals surface area contributed by atoms with Crippen LogP contribution in [-0.4, -0.2) is 13.1 Å². The van der Waals surface area contributed by atoms with Crippen LogP contribution in [0.15, 0.2) is 12.1 Å². The molecule has 0 aromatic heterocycles. The van der Waals surface area contributed by atoms with E-state index in [9.17, 15) is 9.18 Å². The topological polar surface area (TPSA) is 76.1 Å². The van der Waals surface area contributed by atoms with Crippen molar-refractivity contribution in [1.29, 1.82) is 5.26 Å². The second-order valence-corrected chi connectivity index (χ2v) is 3.13. The largest absolute Gasteiger partial charge is 0.469 e. The normalized spacial score (nSPS) is 9.62. The van der Waals surface area contributed by atoms with E-state index in [0.29, 0.717) is 11.1 Å². The van der Waals surface area contributed by atoms with Crippen LogP contribution in [0, 0.1) is 17.1 Å². The van der Waals surface area contributed by atoms with Crippen molar-refractivity contribution in [2.45, 2.75) is 13.0 Å². The van der Waals surface area contributed by atoms with E-state index < -0.39 is 11.8 Å². The number of esters is 1. The second kappa shape index (κ2) is 5.24. The zero-order chi connectivity index (χ0) is 12.1. The summed E-state index contributed by atoms with van der Waals surface area (Å²) in [5.41, 5.74) is 6.21. The molecule has 0 fully saturated rings. The molecule has 1 aromatic carbocycles. The van der Waals surface area contributed by atoms with Crippen molar-refractivity contribution >= 4 is 5.97 Å². The fourth-order valence-corrected chi connectivity index (χ4v) is 1.41. The molecule has 0 aliphatic carbocycles. The highest BCUT2D eigenvalue weighted by Gasteiger charge is 2.14. The molecule has 4 nitrogen and oxygen atoms in total. The fraction of sp³-hybridized carbons (Fsp3) is 0.273. The van der Waals surface area contributed by atoms with E-state index in [1.165, 1.54) is 13.2 Å². The van der Waals surface area contributed by atoms with Gasteiger partial charge in [-0.05, 0) is 17.2 Å². The molecular weight excluding hydrogens is 211 g/mol. The lowest BCUT2D eigenvalue weighted by Gasteiger charge is -2.09. The van der Waals surface area contributed by atoms with E-state index in [0.717, 1.165) is 6.07 Å². The summed E-state index contributed by atoms with van der Waals surface area (Å²) in [6.07, 6.45) is -0.0159. The molecule has 0 amide bonds. The van der Waals surface area contributed by atoms with Gasteiger partial charge in [0.2, 0.25) is 0 Å². The third-order valence-corrected chi connectivity index (χ3v) is 2.24. The first kappa shape index (κ1) is 12.1. The zero-order valence-electron chi connectivity index (χ0n) is 8.79. The molecule has 5 heteroatoms. The van der Waals surface area contributed by atoms with Gasteiger partial charge in [0.05, 0.1) is 19.1 Å². The van der Waals surface area contributed by atoms with Crippen LogP contribution in [0.25, 0.3) is 0 Å². The molecule has 0 saturated carbocycles. The highest BCUT2D eigenvalue weighted by Crippen LogP contribution is 2.18. The molecule has 1 aromatic rings. The number of benzene rings is 1. The third kappa shape index (κ3) is 2.35. The molecule has 0 heterocycles. The summed E-state index contributed by atoms with van der Waals surface area (Å²) in [7, 11) is 1.26. The Morgan fingerprint density at radius 2 is 2.31 bits per heavy atom. The van der Waals surface area contributed by atoms with Gasteiger partial charge in [0.25, 0.3) is 0 Å². The summed E-state index contributed by atoms with van der Waals surface area (Å²) in [5, 5.41) is 8.78. The maximum Gasteiger partial charge on any atom is 0.309 e. The summed E-state index contributed by atoms with van der Waals surface area (Å²) < 4.78 is 17.7. The lowest BCUT2D eigenvalue weighted by molar-refractivity contribution is -0.139. The number of hydrogen-bond donors (Lipinski definition) is 1. The highest BCUT2D eigenvalue weighted by molar-refractivity contribution is 5.73. The molecular formula is C11H11FN2O2. The number of carbonyl (C=O) groups is 1. The standard InChI is InChI=1S/C11H11FN2O2/c1-16-11(15)4-7-2-3-10(12)9(6-14)8(7)5-13/h2-3H,4-5,13H2,1H3. The van der Waals surface area contributed by atoms with E-state index in [2.05, 4.69) is 4.74 Å². The maximum absolute atomic E-state index is 13.2. The molecule has 0 atom stereocenters. The summed E-state index contributed by atoms with van der Waals surface area (Å²) >= 11 is 0. The Hall–Kier alpha value is -1.93. The van der Waals surface area contributed by atoms with Gasteiger partial charge in [0.1, 0.15) is 11.9 Å². The number of rotatable bonds is 3. The monoisotopic (exact) mass is 222 g/mol. The maximum atomic E-state index is 13.2. The van der Waals surface area contributed by atoms with Gasteiger partial charge in [-0.25, -0.2) is 4.39 Å². The molecule has 0 unspecified atom stereocenters. The van der Waals surface area contributed by atoms with Crippen LogP contribution in [0.1, 0.15) is 16.7 Å². The Kier molecular flexibility index (Phi) is 3.97. The molecule has 1 rings (SSSR count). The Bertz CT molecular complexity index is 452. The van der Waals surface area contributed by atoms with Crippen molar-refractivity contribution in [2.24, 2.45) is 5.73 Å². The van der Waals surface area contributed by atoms with E-state index >= 15 is 0 Å². The molecule has 0 spiro atoms. The lowest BCUT2D eigenvalue weighted by atomic mass is 9.99. The van der Waals surface area contributed by atoms with Gasteiger partial charge in [-0.1, -0.05) is 6.07 Å². The van der Waals surface area contributed by atoms with Crippen molar-refractivity contribution in [1.82, 2.24) is 0 Å². The minimum absolute atomic E-state index is 0.00693. The van der Waals surface area contributed by atoms with Crippen LogP contribution in [-0.2, 0) is 22.5 Å². The minimum atomic E-state index is -0.628. The van der Waals surface area contributed by atoms with Crippen molar-refractivity contribution in [3.05, 3.63) is 34.6 Å². The molecule has 2 N–H and O–H groups in total. The number of nitrogens with two attached hydrogens (primary N) is 1. The van der Waals surface area contributed by atoms with Crippen LogP contribution in [0.5, 0.6) is 0 Å². The average Bonchev–Trinajstić information content (AvgIpc) is 2.30. The molecule has 84 valence electrons. The van der Waals surface area contributed by atoms with Crippen LogP contribution >= 0.6 is 0 Å². The third-order valence-electron chi connectivity index (χ3n) is 2.24. The van der Waals surface area contributed by atoms with Crippen LogP contribution in [0.3, 0.4) is 0 Å². The van der Waals surface area contributed by atoms with Gasteiger partial charge in [-0.2, -0.15) is 5.26 Å². The number of ether oxygens (including phenoxy) is 1. The fourth-order valence-electron chi connectivity index (χ4n) is 1.41. The van der Waals surface area contributed by atoms with E-state index in [1.807, 2.05) is 0 Å². The Morgan fingerprint density at radius 3 is 2.81 bits per heavy atom. The average molecular weight is 222 g/mol. The molecule has 0 saturated heterocycles. The van der Waals surface area contributed by atoms with Gasteiger partial charge in [0, 0.05) is 6.54 Å². The Balaban J connectivity index is 3.21. The minimum Gasteiger partial charge on any atom is -0.469 e. The van der Waals surface area contributed by atoms with Crippen molar-refractivity contribution in [3.8, 4) is 6.07 Å². The molecule has 16 heavy (non-hydrogen) atoms. The summed E-state index contributed by atoms with van der Waals surface area (Å²) in [4.78, 5) is 11.1. The quantitative estimate of drug-likeness (QED) is 0.770. The second-order valence-electron chi connectivity index (χ2n) is 3.13. The first-order chi connectivity index (χ1) is 7.63. The summed E-state index contributed by atoms with van der Waals surface area (Å²) in [6, 6.07) is 4.33. The van der Waals surface area contributed by atoms with Gasteiger partial charge in [0.15, 0.2) is 0 Å². The molecule has 0 aliphatic rings. The highest BCUT2D eigenvalue weighted by atomic mass is 19.1. The number of nitrogens with zero attached hydrogens (tertiary/aromatic N) is 1. The number of hydrogen-bond acceptors (Lipinski definition) is 4. The SMILES string of the molecule is COC(=O)Cc1ccc(F)c(C#N)c1CN. The van der Waals surface area contributed by atoms with E-state index in [1.54, 1.807) is 6.07 Å². The lowest BCUT2D eigenvalue weighted by Crippen LogP contribution is -2.11. The molecule has 0 aliphatic heterocycles. The number of nitriles is 1. The first-order valence-electron chi connectivity index (χ1n) is 4.61. The first-order valence-corrected chi connectivity index (χ1v) is 4.61. The van der Waals surface area contributed by atoms with Gasteiger partial charge in [-0.15, -0.1) is 0 Å². The zero-order valence-corrected chi connectivity index (χ0v) is 8.79. The summed E-state index contributed by atoms with van der Waals surface area (Å²) in [5.74, 6) is -1.08. The van der Waals surface area contributed by atoms with Gasteiger partial charge < -0.3 is 10.5 Å². The number of methoxy groups -OCH3 is 1. The van der Waals surface area contributed by atoms with Crippen molar-refractivity contribution < 1.29 is 13.9 Å².